The number of aryl methyl sites for hydroxylation is 1. The summed E-state index contributed by atoms with van der Waals surface area (Å²) in [5, 5.41) is 13.7. The van der Waals surface area contributed by atoms with Crippen molar-refractivity contribution in [1.82, 2.24) is 0 Å². The monoisotopic (exact) mass is 683 g/mol. The Morgan fingerprint density at radius 1 is 0.750 bits per heavy atom. The van der Waals surface area contributed by atoms with Crippen molar-refractivity contribution in [3.63, 3.8) is 0 Å². The molecular formula is C46H37NO5. The minimum Gasteiger partial charge on any atom is -0.507 e. The first-order chi connectivity index (χ1) is 25.3. The average molecular weight is 684 g/mol. The highest BCUT2D eigenvalue weighted by molar-refractivity contribution is 6.32. The average Bonchev–Trinajstić information content (AvgIpc) is 3.45. The summed E-state index contributed by atoms with van der Waals surface area (Å²) in [7, 11) is 0. The Balaban J connectivity index is 1.28. The first kappa shape index (κ1) is 32.1. The molecule has 3 aliphatic carbocycles. The number of carbonyl (C=O) groups excluding carboxylic acids is 4. The second-order valence-corrected chi connectivity index (χ2v) is 14.5. The van der Waals surface area contributed by atoms with Gasteiger partial charge in [-0.2, -0.15) is 0 Å². The van der Waals surface area contributed by atoms with Crippen LogP contribution in [0, 0.1) is 23.7 Å². The van der Waals surface area contributed by atoms with E-state index in [9.17, 15) is 14.7 Å². The van der Waals surface area contributed by atoms with E-state index in [1.54, 1.807) is 0 Å². The molecule has 1 saturated carbocycles. The normalized spacial score (nSPS) is 26.8. The second kappa shape index (κ2) is 12.1. The molecule has 52 heavy (non-hydrogen) atoms. The summed E-state index contributed by atoms with van der Waals surface area (Å²) in [6.45, 7) is 2.06. The lowest BCUT2D eigenvalue weighted by molar-refractivity contribution is -0.135. The maximum atomic E-state index is 15.3. The van der Waals surface area contributed by atoms with E-state index in [0.717, 1.165) is 22.9 Å². The summed E-state index contributed by atoms with van der Waals surface area (Å²) >= 11 is 0. The number of benzene rings is 5. The molecule has 4 aliphatic rings. The van der Waals surface area contributed by atoms with Crippen LogP contribution in [0.25, 0.3) is 16.3 Å². The molecule has 6 heteroatoms. The zero-order valence-electron chi connectivity index (χ0n) is 28.7. The van der Waals surface area contributed by atoms with Crippen LogP contribution in [0.15, 0.2) is 139 Å². The van der Waals surface area contributed by atoms with Gasteiger partial charge in [-0.15, -0.1) is 0 Å². The van der Waals surface area contributed by atoms with Crippen LogP contribution in [0.2, 0.25) is 0 Å². The quantitative estimate of drug-likeness (QED) is 0.149. The van der Waals surface area contributed by atoms with E-state index in [2.05, 4.69) is 6.92 Å². The molecule has 0 aromatic heterocycles. The van der Waals surface area contributed by atoms with Crippen LogP contribution in [0.1, 0.15) is 47.9 Å². The standard InChI is InChI=1S/C46H37NO5/c1-2-27-17-20-31(21-18-27)47-44(51)34-24-23-33-37(40(34)45(47)52)25-38-43(50)36(28-11-5-3-6-12-28)26-39(48)46(38,30-14-7-4-8-15-30)41(33)35-22-19-29-13-9-10-16-32(29)42(35)49/h3-23,26,34,37-38,40-41,49H,2,24-25H2,1H3. The largest absolute Gasteiger partial charge is 0.507 e. The summed E-state index contributed by atoms with van der Waals surface area (Å²) in [5.74, 6) is -4.35. The molecule has 6 atom stereocenters. The first-order valence-electron chi connectivity index (χ1n) is 18.1. The summed E-state index contributed by atoms with van der Waals surface area (Å²) in [6, 6.07) is 37.6. The molecule has 256 valence electrons. The molecule has 0 spiro atoms. The van der Waals surface area contributed by atoms with Gasteiger partial charge in [-0.3, -0.25) is 24.1 Å². The fraction of sp³-hybridized carbons (Fsp3) is 0.217. The van der Waals surface area contributed by atoms with Crippen molar-refractivity contribution in [2.24, 2.45) is 23.7 Å². The Labute approximate surface area is 302 Å². The predicted molar refractivity (Wildman–Crippen MR) is 200 cm³/mol. The van der Waals surface area contributed by atoms with Crippen molar-refractivity contribution in [1.29, 1.82) is 0 Å². The summed E-state index contributed by atoms with van der Waals surface area (Å²) in [4.78, 5) is 60.6. The van der Waals surface area contributed by atoms with Gasteiger partial charge in [0.2, 0.25) is 11.8 Å². The highest BCUT2D eigenvalue weighted by atomic mass is 16.3. The third-order valence-corrected chi connectivity index (χ3v) is 12.2. The number of ketones is 2. The Morgan fingerprint density at radius 2 is 1.44 bits per heavy atom. The van der Waals surface area contributed by atoms with Gasteiger partial charge in [-0.1, -0.05) is 128 Å². The number of allylic oxidation sites excluding steroid dienone is 4. The number of phenols is 1. The van der Waals surface area contributed by atoms with Crippen LogP contribution < -0.4 is 4.90 Å². The number of phenolic OH excluding ortho intramolecular Hbond substituents is 1. The number of hydrogen-bond acceptors (Lipinski definition) is 5. The Kier molecular flexibility index (Phi) is 7.47. The molecule has 1 N–H and O–H groups in total. The molecule has 6 nitrogen and oxygen atoms in total. The number of imide groups is 1. The summed E-state index contributed by atoms with van der Waals surface area (Å²) in [6.07, 6.45) is 4.91. The van der Waals surface area contributed by atoms with Crippen LogP contribution in [-0.4, -0.2) is 28.5 Å². The molecule has 0 bridgehead atoms. The van der Waals surface area contributed by atoms with Gasteiger partial charge in [0.1, 0.15) is 5.75 Å². The van der Waals surface area contributed by atoms with Crippen molar-refractivity contribution in [3.05, 3.63) is 161 Å². The maximum Gasteiger partial charge on any atom is 0.238 e. The topological polar surface area (TPSA) is 91.8 Å². The van der Waals surface area contributed by atoms with Crippen LogP contribution in [0.3, 0.4) is 0 Å². The van der Waals surface area contributed by atoms with Crippen molar-refractivity contribution < 1.29 is 24.3 Å². The Hall–Kier alpha value is -5.88. The molecule has 9 rings (SSSR count). The molecule has 6 unspecified atom stereocenters. The van der Waals surface area contributed by atoms with Crippen molar-refractivity contribution in [2.45, 2.75) is 37.5 Å². The van der Waals surface area contributed by atoms with Gasteiger partial charge in [0.25, 0.3) is 0 Å². The van der Waals surface area contributed by atoms with Gasteiger partial charge >= 0.3 is 0 Å². The third kappa shape index (κ3) is 4.49. The highest BCUT2D eigenvalue weighted by Gasteiger charge is 2.66. The smallest absolute Gasteiger partial charge is 0.238 e. The van der Waals surface area contributed by atoms with Crippen molar-refractivity contribution in [2.75, 3.05) is 4.90 Å². The van der Waals surface area contributed by atoms with Gasteiger partial charge in [0.05, 0.1) is 22.9 Å². The maximum absolute atomic E-state index is 15.3. The lowest BCUT2D eigenvalue weighted by atomic mass is 9.44. The predicted octanol–water partition coefficient (Wildman–Crippen LogP) is 8.14. The number of aromatic hydroxyl groups is 1. The summed E-state index contributed by atoms with van der Waals surface area (Å²) in [5.41, 5.74) is 3.28. The minimum absolute atomic E-state index is 0.0466. The zero-order chi connectivity index (χ0) is 35.7. The van der Waals surface area contributed by atoms with Gasteiger partial charge in [-0.25, -0.2) is 0 Å². The number of nitrogens with zero attached hydrogens (tertiary/aromatic N) is 1. The molecule has 1 saturated heterocycles. The number of anilines is 1. The van der Waals surface area contributed by atoms with Crippen molar-refractivity contribution >= 4 is 45.4 Å². The first-order valence-corrected chi connectivity index (χ1v) is 18.1. The highest BCUT2D eigenvalue weighted by Crippen LogP contribution is 2.64. The van der Waals surface area contributed by atoms with Crippen LogP contribution in [0.5, 0.6) is 5.75 Å². The molecule has 1 heterocycles. The van der Waals surface area contributed by atoms with Gasteiger partial charge in [0.15, 0.2) is 11.6 Å². The Morgan fingerprint density at radius 3 is 2.17 bits per heavy atom. The van der Waals surface area contributed by atoms with E-state index >= 15 is 9.59 Å². The lowest BCUT2D eigenvalue weighted by Gasteiger charge is -2.55. The molecular weight excluding hydrogens is 647 g/mol. The number of fused-ring (bicyclic) bond motifs is 5. The number of Topliss-reactive ketones (excluding diaryl/α,β-unsaturated/α-hetero) is 1. The number of rotatable bonds is 5. The zero-order valence-corrected chi connectivity index (χ0v) is 28.7. The molecule has 0 radical (unpaired) electrons. The molecule has 2 fully saturated rings. The summed E-state index contributed by atoms with van der Waals surface area (Å²) < 4.78 is 0. The second-order valence-electron chi connectivity index (χ2n) is 14.5. The third-order valence-electron chi connectivity index (χ3n) is 12.2. The fourth-order valence-electron chi connectivity index (χ4n) is 9.86. The van der Waals surface area contributed by atoms with Crippen LogP contribution in [-0.2, 0) is 31.0 Å². The minimum atomic E-state index is -1.41. The van der Waals surface area contributed by atoms with Crippen LogP contribution in [0.4, 0.5) is 5.69 Å². The lowest BCUT2D eigenvalue weighted by Crippen LogP contribution is -2.58. The van der Waals surface area contributed by atoms with Crippen LogP contribution >= 0.6 is 0 Å². The van der Waals surface area contributed by atoms with E-state index in [0.29, 0.717) is 39.8 Å². The fourth-order valence-corrected chi connectivity index (χ4v) is 9.86. The van der Waals surface area contributed by atoms with Gasteiger partial charge in [0, 0.05) is 28.4 Å². The van der Waals surface area contributed by atoms with Gasteiger partial charge in [-0.05, 0) is 65.5 Å². The number of carbonyl (C=O) groups is 4. The van der Waals surface area contributed by atoms with Gasteiger partial charge < -0.3 is 5.11 Å². The number of amides is 2. The van der Waals surface area contributed by atoms with E-state index < -0.39 is 35.0 Å². The SMILES string of the molecule is CCc1ccc(N2C(=O)C3CC=C4C(CC5C(=O)C(c6ccccc6)=CC(=O)C5(c5ccccc5)C4c4ccc5ccccc5c4O)C3C2=O)cc1. The molecule has 5 aromatic carbocycles. The number of hydrogen-bond donors (Lipinski definition) is 1. The molecule has 5 aromatic rings. The van der Waals surface area contributed by atoms with E-state index in [4.69, 9.17) is 0 Å². The van der Waals surface area contributed by atoms with E-state index in [-0.39, 0.29) is 35.6 Å². The van der Waals surface area contributed by atoms with E-state index in [1.165, 1.54) is 11.0 Å². The van der Waals surface area contributed by atoms with E-state index in [1.807, 2.05) is 127 Å². The van der Waals surface area contributed by atoms with Crippen molar-refractivity contribution in [3.8, 4) is 5.75 Å². The molecule has 1 aliphatic heterocycles. The Bertz CT molecular complexity index is 2360. The molecule has 2 amide bonds.